The highest BCUT2D eigenvalue weighted by Gasteiger charge is 2.29. The van der Waals surface area contributed by atoms with Crippen LogP contribution >= 0.6 is 11.8 Å². The van der Waals surface area contributed by atoms with Crippen molar-refractivity contribution in [2.75, 3.05) is 18.8 Å². The first kappa shape index (κ1) is 21.1. The van der Waals surface area contributed by atoms with E-state index < -0.39 is 11.9 Å². The van der Waals surface area contributed by atoms with Gasteiger partial charge in [-0.05, 0) is 11.1 Å². The van der Waals surface area contributed by atoms with Gasteiger partial charge in [-0.3, -0.25) is 19.3 Å². The molecule has 3 rings (SSSR count). The molecule has 1 heterocycles. The van der Waals surface area contributed by atoms with E-state index in [2.05, 4.69) is 10.6 Å². The van der Waals surface area contributed by atoms with E-state index in [1.165, 1.54) is 6.20 Å². The number of imide groups is 1. The Morgan fingerprint density at radius 2 is 1.70 bits per heavy atom. The van der Waals surface area contributed by atoms with E-state index in [-0.39, 0.29) is 35.6 Å². The second-order valence-corrected chi connectivity index (χ2v) is 7.38. The SMILES string of the molecule is N#C/C(=C/NCCN1C(=O)CSC1=O)C(=O)NC(c1ccccc1)c1ccccc1. The zero-order valence-electron chi connectivity index (χ0n) is 16.1. The molecule has 3 amide bonds. The minimum Gasteiger partial charge on any atom is -0.388 e. The van der Waals surface area contributed by atoms with E-state index in [1.807, 2.05) is 66.7 Å². The molecule has 2 N–H and O–H groups in total. The van der Waals surface area contributed by atoms with Crippen LogP contribution in [0.4, 0.5) is 4.79 Å². The van der Waals surface area contributed by atoms with Crippen LogP contribution in [0.25, 0.3) is 0 Å². The molecule has 0 radical (unpaired) electrons. The summed E-state index contributed by atoms with van der Waals surface area (Å²) in [6.07, 6.45) is 1.31. The Bertz CT molecular complexity index is 931. The maximum Gasteiger partial charge on any atom is 0.288 e. The number of carbonyl (C=O) groups excluding carboxylic acids is 3. The van der Waals surface area contributed by atoms with Crippen molar-refractivity contribution < 1.29 is 14.4 Å². The van der Waals surface area contributed by atoms with E-state index in [0.717, 1.165) is 27.8 Å². The highest BCUT2D eigenvalue weighted by molar-refractivity contribution is 8.14. The van der Waals surface area contributed by atoms with Crippen LogP contribution in [-0.2, 0) is 9.59 Å². The summed E-state index contributed by atoms with van der Waals surface area (Å²) in [4.78, 5) is 37.0. The topological polar surface area (TPSA) is 102 Å². The molecule has 0 unspecified atom stereocenters. The molecule has 0 aromatic heterocycles. The molecule has 0 saturated carbocycles. The van der Waals surface area contributed by atoms with E-state index in [1.54, 1.807) is 0 Å². The smallest absolute Gasteiger partial charge is 0.288 e. The molecule has 152 valence electrons. The van der Waals surface area contributed by atoms with Gasteiger partial charge in [0.15, 0.2) is 0 Å². The zero-order valence-corrected chi connectivity index (χ0v) is 16.9. The van der Waals surface area contributed by atoms with E-state index in [4.69, 9.17) is 0 Å². The van der Waals surface area contributed by atoms with Gasteiger partial charge in [-0.15, -0.1) is 0 Å². The fourth-order valence-electron chi connectivity index (χ4n) is 2.96. The summed E-state index contributed by atoms with van der Waals surface area (Å²) in [7, 11) is 0. The minimum absolute atomic E-state index is 0.0969. The van der Waals surface area contributed by atoms with Crippen LogP contribution in [-0.4, -0.2) is 40.8 Å². The first-order valence-electron chi connectivity index (χ1n) is 9.31. The fourth-order valence-corrected chi connectivity index (χ4v) is 3.71. The molecule has 0 spiro atoms. The molecule has 8 heteroatoms. The van der Waals surface area contributed by atoms with Crippen LogP contribution in [0, 0.1) is 11.3 Å². The number of amides is 3. The summed E-state index contributed by atoms with van der Waals surface area (Å²) in [5, 5.41) is 14.9. The molecule has 2 aromatic rings. The molecule has 30 heavy (non-hydrogen) atoms. The van der Waals surface area contributed by atoms with E-state index in [9.17, 15) is 19.6 Å². The zero-order chi connectivity index (χ0) is 21.3. The molecule has 1 fully saturated rings. The van der Waals surface area contributed by atoms with Crippen LogP contribution in [0.5, 0.6) is 0 Å². The van der Waals surface area contributed by atoms with Crippen LogP contribution in [0.3, 0.4) is 0 Å². The minimum atomic E-state index is -0.522. The number of hydrogen-bond donors (Lipinski definition) is 2. The fraction of sp³-hybridized carbons (Fsp3) is 0.182. The molecule has 0 aliphatic carbocycles. The average Bonchev–Trinajstić information content (AvgIpc) is 3.10. The Kier molecular flexibility index (Phi) is 7.24. The normalized spacial score (nSPS) is 14.0. The predicted molar refractivity (Wildman–Crippen MR) is 114 cm³/mol. The van der Waals surface area contributed by atoms with Crippen molar-refractivity contribution in [3.63, 3.8) is 0 Å². The Morgan fingerprint density at radius 3 is 2.20 bits per heavy atom. The van der Waals surface area contributed by atoms with Crippen LogP contribution < -0.4 is 10.6 Å². The van der Waals surface area contributed by atoms with Crippen LogP contribution in [0.1, 0.15) is 17.2 Å². The maximum atomic E-state index is 12.7. The van der Waals surface area contributed by atoms with Crippen LogP contribution in [0.2, 0.25) is 0 Å². The molecule has 1 saturated heterocycles. The van der Waals surface area contributed by atoms with E-state index in [0.29, 0.717) is 0 Å². The Labute approximate surface area is 178 Å². The highest BCUT2D eigenvalue weighted by atomic mass is 32.2. The number of carbonyl (C=O) groups is 3. The molecular formula is C22H20N4O3S. The van der Waals surface area contributed by atoms with Crippen molar-refractivity contribution in [3.8, 4) is 6.07 Å². The molecular weight excluding hydrogens is 400 g/mol. The number of nitrogens with zero attached hydrogens (tertiary/aromatic N) is 2. The lowest BCUT2D eigenvalue weighted by atomic mass is 9.98. The van der Waals surface area contributed by atoms with Gasteiger partial charge in [0.2, 0.25) is 5.91 Å². The second kappa shape index (κ2) is 10.3. The largest absolute Gasteiger partial charge is 0.388 e. The lowest BCUT2D eigenvalue weighted by molar-refractivity contribution is -0.124. The lowest BCUT2D eigenvalue weighted by Crippen LogP contribution is -2.35. The molecule has 0 bridgehead atoms. The van der Waals surface area contributed by atoms with Crippen molar-refractivity contribution >= 4 is 28.8 Å². The van der Waals surface area contributed by atoms with Gasteiger partial charge in [0.05, 0.1) is 11.8 Å². The summed E-state index contributed by atoms with van der Waals surface area (Å²) < 4.78 is 0. The van der Waals surface area contributed by atoms with Gasteiger partial charge in [0.1, 0.15) is 11.6 Å². The quantitative estimate of drug-likeness (QED) is 0.387. The first-order chi connectivity index (χ1) is 14.6. The third kappa shape index (κ3) is 5.27. The molecule has 0 atom stereocenters. The Balaban J connectivity index is 1.66. The third-order valence-corrected chi connectivity index (χ3v) is 5.33. The van der Waals surface area contributed by atoms with Gasteiger partial charge in [0.25, 0.3) is 11.1 Å². The Hall–Kier alpha value is -3.57. The standard InChI is InChI=1S/C22H20N4O3S/c23-13-18(14-24-11-12-26-19(27)15-30-22(26)29)21(28)25-20(16-7-3-1-4-8-16)17-9-5-2-6-10-17/h1-10,14,20,24H,11-12,15H2,(H,25,28)/b18-14-. The highest BCUT2D eigenvalue weighted by Crippen LogP contribution is 2.22. The lowest BCUT2D eigenvalue weighted by Gasteiger charge is -2.19. The van der Waals surface area contributed by atoms with Crippen molar-refractivity contribution in [2.24, 2.45) is 0 Å². The van der Waals surface area contributed by atoms with Crippen LogP contribution in [0.15, 0.2) is 72.4 Å². The number of nitriles is 1. The second-order valence-electron chi connectivity index (χ2n) is 6.45. The molecule has 7 nitrogen and oxygen atoms in total. The average molecular weight is 420 g/mol. The van der Waals surface area contributed by atoms with Gasteiger partial charge in [0, 0.05) is 19.3 Å². The van der Waals surface area contributed by atoms with Gasteiger partial charge in [-0.2, -0.15) is 5.26 Å². The number of benzene rings is 2. The summed E-state index contributed by atoms with van der Waals surface area (Å²) in [6.45, 7) is 0.426. The van der Waals surface area contributed by atoms with Gasteiger partial charge in [-0.1, -0.05) is 72.4 Å². The predicted octanol–water partition coefficient (Wildman–Crippen LogP) is 2.58. The van der Waals surface area contributed by atoms with E-state index >= 15 is 0 Å². The van der Waals surface area contributed by atoms with Gasteiger partial charge in [-0.25, -0.2) is 0 Å². The summed E-state index contributed by atoms with van der Waals surface area (Å²) in [5.41, 5.74) is 1.69. The molecule has 2 aromatic carbocycles. The van der Waals surface area contributed by atoms with Gasteiger partial charge < -0.3 is 10.6 Å². The summed E-state index contributed by atoms with van der Waals surface area (Å²) in [6, 6.07) is 20.5. The number of hydrogen-bond acceptors (Lipinski definition) is 6. The monoisotopic (exact) mass is 420 g/mol. The number of nitrogens with one attached hydrogen (secondary N) is 2. The molecule has 1 aliphatic heterocycles. The summed E-state index contributed by atoms with van der Waals surface area (Å²) in [5.74, 6) is -0.602. The van der Waals surface area contributed by atoms with Crippen molar-refractivity contribution in [3.05, 3.63) is 83.6 Å². The van der Waals surface area contributed by atoms with Crippen molar-refractivity contribution in [2.45, 2.75) is 6.04 Å². The molecule has 1 aliphatic rings. The van der Waals surface area contributed by atoms with Crippen molar-refractivity contribution in [1.29, 1.82) is 5.26 Å². The first-order valence-corrected chi connectivity index (χ1v) is 10.3. The third-order valence-electron chi connectivity index (χ3n) is 4.47. The Morgan fingerprint density at radius 1 is 1.10 bits per heavy atom. The summed E-state index contributed by atoms with van der Waals surface area (Å²) >= 11 is 0.968. The number of rotatable bonds is 8. The van der Waals surface area contributed by atoms with Crippen molar-refractivity contribution in [1.82, 2.24) is 15.5 Å². The number of thioether (sulfide) groups is 1. The van der Waals surface area contributed by atoms with Gasteiger partial charge >= 0.3 is 0 Å². The maximum absolute atomic E-state index is 12.7.